The quantitative estimate of drug-likeness (QED) is 0.474. The Hall–Kier alpha value is -3.73. The number of amides is 2. The van der Waals surface area contributed by atoms with Crippen molar-refractivity contribution < 1.29 is 19.1 Å². The summed E-state index contributed by atoms with van der Waals surface area (Å²) >= 11 is 1.58. The Kier molecular flexibility index (Phi) is 5.94. The zero-order valence-corrected chi connectivity index (χ0v) is 17.4. The molecule has 0 atom stereocenters. The van der Waals surface area contributed by atoms with Gasteiger partial charge in [-0.2, -0.15) is 0 Å². The highest BCUT2D eigenvalue weighted by Crippen LogP contribution is 2.32. The summed E-state index contributed by atoms with van der Waals surface area (Å²) in [5, 5.41) is 13.2. The second-order valence-electron chi connectivity index (χ2n) is 6.63. The lowest BCUT2D eigenvalue weighted by Crippen LogP contribution is -2.25. The zero-order chi connectivity index (χ0) is 21.8. The number of hydrogen-bond acceptors (Lipinski definition) is 8. The molecule has 0 saturated carbocycles. The molecular formula is C20H20N6O4S. The average molecular weight is 440 g/mol. The van der Waals surface area contributed by atoms with Crippen molar-refractivity contribution in [3.63, 3.8) is 0 Å². The van der Waals surface area contributed by atoms with Gasteiger partial charge in [-0.15, -0.1) is 16.9 Å². The maximum absolute atomic E-state index is 12.5. The van der Waals surface area contributed by atoms with E-state index in [1.54, 1.807) is 30.0 Å². The van der Waals surface area contributed by atoms with Crippen LogP contribution in [0.25, 0.3) is 0 Å². The van der Waals surface area contributed by atoms with Gasteiger partial charge in [-0.25, -0.2) is 4.68 Å². The normalized spacial score (nSPS) is 11.9. The van der Waals surface area contributed by atoms with Crippen LogP contribution in [0.5, 0.6) is 11.5 Å². The first kappa shape index (κ1) is 20.5. The number of fused-ring (bicyclic) bond motifs is 1. The van der Waals surface area contributed by atoms with E-state index in [9.17, 15) is 9.59 Å². The van der Waals surface area contributed by atoms with Gasteiger partial charge in [0.2, 0.25) is 12.7 Å². The first-order chi connectivity index (χ1) is 15.0. The van der Waals surface area contributed by atoms with E-state index in [-0.39, 0.29) is 37.3 Å². The summed E-state index contributed by atoms with van der Waals surface area (Å²) in [7, 11) is 0. The number of aromatic nitrogens is 3. The Labute approximate surface area is 182 Å². The maximum Gasteiger partial charge on any atom is 0.275 e. The minimum Gasteiger partial charge on any atom is -0.454 e. The minimum absolute atomic E-state index is 0.0104. The van der Waals surface area contributed by atoms with Crippen LogP contribution in [-0.4, -0.2) is 39.9 Å². The van der Waals surface area contributed by atoms with Crippen LogP contribution in [0.4, 0.5) is 11.5 Å². The van der Waals surface area contributed by atoms with Crippen LogP contribution < -0.4 is 25.8 Å². The number of carbonyl (C=O) groups excluding carboxylic acids is 2. The van der Waals surface area contributed by atoms with Gasteiger partial charge < -0.3 is 25.8 Å². The van der Waals surface area contributed by atoms with Crippen molar-refractivity contribution in [2.24, 2.45) is 0 Å². The highest BCUT2D eigenvalue weighted by molar-refractivity contribution is 7.98. The predicted molar refractivity (Wildman–Crippen MR) is 115 cm³/mol. The molecule has 0 unspecified atom stereocenters. The first-order valence-electron chi connectivity index (χ1n) is 9.33. The van der Waals surface area contributed by atoms with Crippen molar-refractivity contribution in [1.29, 1.82) is 0 Å². The van der Waals surface area contributed by atoms with Crippen molar-refractivity contribution in [1.82, 2.24) is 20.3 Å². The smallest absolute Gasteiger partial charge is 0.275 e. The molecule has 1 aliphatic rings. The van der Waals surface area contributed by atoms with Gasteiger partial charge in [-0.05, 0) is 42.2 Å². The number of nitrogens with zero attached hydrogens (tertiary/aromatic N) is 3. The summed E-state index contributed by atoms with van der Waals surface area (Å²) in [6.45, 7) is 0.257. The standard InChI is InChI=1S/C20H20N6O4S/c1-31-14-4-2-3-13(8-14)23-17(27)10-26-19(21)18(24-25-26)20(28)22-9-12-5-6-15-16(7-12)30-11-29-15/h2-8H,9-11,21H2,1H3,(H,22,28)(H,23,27). The Balaban J connectivity index is 1.35. The number of nitrogens with two attached hydrogens (primary N) is 1. The number of rotatable bonds is 7. The highest BCUT2D eigenvalue weighted by Gasteiger charge is 2.19. The van der Waals surface area contributed by atoms with Gasteiger partial charge in [0.15, 0.2) is 23.0 Å². The largest absolute Gasteiger partial charge is 0.454 e. The van der Waals surface area contributed by atoms with Gasteiger partial charge in [-0.3, -0.25) is 9.59 Å². The molecule has 0 spiro atoms. The third-order valence-electron chi connectivity index (χ3n) is 4.53. The molecule has 1 aromatic heterocycles. The molecule has 2 aromatic carbocycles. The third kappa shape index (κ3) is 4.72. The molecule has 10 nitrogen and oxygen atoms in total. The van der Waals surface area contributed by atoms with Gasteiger partial charge in [0.25, 0.3) is 5.91 Å². The van der Waals surface area contributed by atoms with Crippen LogP contribution >= 0.6 is 11.8 Å². The molecule has 0 radical (unpaired) electrons. The first-order valence-corrected chi connectivity index (χ1v) is 10.6. The van der Waals surface area contributed by atoms with Gasteiger partial charge in [0.05, 0.1) is 0 Å². The topological polar surface area (TPSA) is 133 Å². The Morgan fingerprint density at radius 2 is 2.03 bits per heavy atom. The lowest BCUT2D eigenvalue weighted by molar-refractivity contribution is -0.116. The van der Waals surface area contributed by atoms with Gasteiger partial charge in [0.1, 0.15) is 6.54 Å². The van der Waals surface area contributed by atoms with Crippen molar-refractivity contribution in [2.75, 3.05) is 24.1 Å². The lowest BCUT2D eigenvalue weighted by Gasteiger charge is -2.08. The molecule has 0 bridgehead atoms. The second kappa shape index (κ2) is 8.96. The third-order valence-corrected chi connectivity index (χ3v) is 5.25. The van der Waals surface area contributed by atoms with Crippen LogP contribution in [0.3, 0.4) is 0 Å². The molecule has 31 heavy (non-hydrogen) atoms. The molecule has 0 fully saturated rings. The number of ether oxygens (including phenoxy) is 2. The number of carbonyl (C=O) groups is 2. The van der Waals surface area contributed by atoms with Crippen LogP contribution in [0, 0.1) is 0 Å². The summed E-state index contributed by atoms with van der Waals surface area (Å²) in [6, 6.07) is 12.9. The molecule has 160 valence electrons. The zero-order valence-electron chi connectivity index (χ0n) is 16.6. The fourth-order valence-electron chi connectivity index (χ4n) is 2.95. The molecule has 2 heterocycles. The molecule has 0 aliphatic carbocycles. The summed E-state index contributed by atoms with van der Waals surface area (Å²) in [6.07, 6.45) is 1.95. The number of nitrogen functional groups attached to an aromatic ring is 1. The van der Waals surface area contributed by atoms with E-state index in [4.69, 9.17) is 15.2 Å². The number of benzene rings is 2. The maximum atomic E-state index is 12.5. The lowest BCUT2D eigenvalue weighted by atomic mass is 10.2. The summed E-state index contributed by atoms with van der Waals surface area (Å²) < 4.78 is 11.8. The summed E-state index contributed by atoms with van der Waals surface area (Å²) in [5.41, 5.74) is 7.44. The van der Waals surface area contributed by atoms with E-state index in [1.807, 2.05) is 30.5 Å². The summed E-state index contributed by atoms with van der Waals surface area (Å²) in [5.74, 6) is 0.486. The fourth-order valence-corrected chi connectivity index (χ4v) is 3.41. The molecule has 2 amide bonds. The monoisotopic (exact) mass is 440 g/mol. The van der Waals surface area contributed by atoms with Gasteiger partial charge in [-0.1, -0.05) is 17.3 Å². The molecule has 11 heteroatoms. The van der Waals surface area contributed by atoms with E-state index in [1.165, 1.54) is 4.68 Å². The van der Waals surface area contributed by atoms with E-state index < -0.39 is 5.91 Å². The predicted octanol–water partition coefficient (Wildman–Crippen LogP) is 1.88. The minimum atomic E-state index is -0.491. The molecule has 3 aromatic rings. The second-order valence-corrected chi connectivity index (χ2v) is 7.51. The van der Waals surface area contributed by atoms with E-state index in [2.05, 4.69) is 20.9 Å². The fraction of sp³-hybridized carbons (Fsp3) is 0.200. The van der Waals surface area contributed by atoms with Crippen LogP contribution in [0.15, 0.2) is 47.4 Å². The Bertz CT molecular complexity index is 1130. The van der Waals surface area contributed by atoms with E-state index in [0.717, 1.165) is 10.5 Å². The van der Waals surface area contributed by atoms with E-state index >= 15 is 0 Å². The number of hydrogen-bond donors (Lipinski definition) is 3. The van der Waals surface area contributed by atoms with Gasteiger partial charge >= 0.3 is 0 Å². The van der Waals surface area contributed by atoms with Crippen molar-refractivity contribution >= 4 is 35.1 Å². The van der Waals surface area contributed by atoms with Crippen LogP contribution in [0.2, 0.25) is 0 Å². The highest BCUT2D eigenvalue weighted by atomic mass is 32.2. The average Bonchev–Trinajstić information content (AvgIpc) is 3.38. The van der Waals surface area contributed by atoms with Crippen LogP contribution in [0.1, 0.15) is 16.1 Å². The number of nitrogens with one attached hydrogen (secondary N) is 2. The molecule has 1 aliphatic heterocycles. The Morgan fingerprint density at radius 1 is 1.19 bits per heavy atom. The van der Waals surface area contributed by atoms with Crippen molar-refractivity contribution in [3.8, 4) is 11.5 Å². The Morgan fingerprint density at radius 3 is 2.87 bits per heavy atom. The van der Waals surface area contributed by atoms with Crippen LogP contribution in [-0.2, 0) is 17.9 Å². The van der Waals surface area contributed by atoms with Crippen molar-refractivity contribution in [2.45, 2.75) is 18.0 Å². The SMILES string of the molecule is CSc1cccc(NC(=O)Cn2nnc(C(=O)NCc3ccc4c(c3)OCO4)c2N)c1. The van der Waals surface area contributed by atoms with Gasteiger partial charge in [0, 0.05) is 17.1 Å². The molecule has 4 rings (SSSR count). The van der Waals surface area contributed by atoms with Crippen molar-refractivity contribution in [3.05, 3.63) is 53.7 Å². The number of thioether (sulfide) groups is 1. The molecule has 0 saturated heterocycles. The number of anilines is 2. The van der Waals surface area contributed by atoms with E-state index in [0.29, 0.717) is 17.2 Å². The summed E-state index contributed by atoms with van der Waals surface area (Å²) in [4.78, 5) is 25.8. The molecule has 4 N–H and O–H groups in total. The molecular weight excluding hydrogens is 420 g/mol.